The van der Waals surface area contributed by atoms with Crippen molar-refractivity contribution in [1.82, 2.24) is 9.80 Å². The maximum atomic E-state index is 13.0. The van der Waals surface area contributed by atoms with Crippen molar-refractivity contribution in [2.24, 2.45) is 5.92 Å². The normalized spacial score (nSPS) is 27.7. The number of ether oxygens (including phenoxy) is 2. The van der Waals surface area contributed by atoms with Crippen LogP contribution < -0.4 is 0 Å². The van der Waals surface area contributed by atoms with Gasteiger partial charge in [-0.1, -0.05) is 25.0 Å². The minimum Gasteiger partial charge on any atom is -0.381 e. The van der Waals surface area contributed by atoms with E-state index in [0.717, 1.165) is 76.7 Å². The molecule has 0 N–H and O–H groups in total. The second kappa shape index (κ2) is 8.97. The predicted octanol–water partition coefficient (Wildman–Crippen LogP) is 3.69. The monoisotopic (exact) mass is 412 g/mol. The van der Waals surface area contributed by atoms with Crippen LogP contribution in [0.2, 0.25) is 0 Å². The van der Waals surface area contributed by atoms with E-state index in [-0.39, 0.29) is 11.5 Å². The molecule has 3 heterocycles. The van der Waals surface area contributed by atoms with Gasteiger partial charge in [-0.2, -0.15) is 0 Å². The molecule has 30 heavy (non-hydrogen) atoms. The zero-order chi connectivity index (χ0) is 20.4. The number of hydrogen-bond acceptors (Lipinski definition) is 4. The van der Waals surface area contributed by atoms with Crippen LogP contribution in [0.25, 0.3) is 0 Å². The Morgan fingerprint density at radius 3 is 2.47 bits per heavy atom. The Labute approximate surface area is 180 Å². The summed E-state index contributed by atoms with van der Waals surface area (Å²) in [5, 5.41) is 0. The van der Waals surface area contributed by atoms with Gasteiger partial charge >= 0.3 is 0 Å². The van der Waals surface area contributed by atoms with Crippen LogP contribution >= 0.6 is 0 Å². The molecule has 0 radical (unpaired) electrons. The van der Waals surface area contributed by atoms with Crippen LogP contribution in [0.1, 0.15) is 66.8 Å². The number of amides is 1. The quantitative estimate of drug-likeness (QED) is 0.756. The van der Waals surface area contributed by atoms with Gasteiger partial charge in [-0.05, 0) is 55.7 Å². The summed E-state index contributed by atoms with van der Waals surface area (Å²) >= 11 is 0. The summed E-state index contributed by atoms with van der Waals surface area (Å²) in [5.74, 6) is 1.54. The van der Waals surface area contributed by atoms with E-state index in [4.69, 9.17) is 9.47 Å². The molecule has 164 valence electrons. The molecule has 1 aromatic carbocycles. The zero-order valence-corrected chi connectivity index (χ0v) is 18.2. The highest BCUT2D eigenvalue weighted by molar-refractivity contribution is 5.94. The van der Waals surface area contributed by atoms with Gasteiger partial charge in [0.15, 0.2) is 0 Å². The van der Waals surface area contributed by atoms with Crippen molar-refractivity contribution >= 4 is 5.91 Å². The van der Waals surface area contributed by atoms with Crippen LogP contribution in [0.3, 0.4) is 0 Å². The van der Waals surface area contributed by atoms with Gasteiger partial charge < -0.3 is 14.4 Å². The average molecular weight is 413 g/mol. The fourth-order valence-electron chi connectivity index (χ4n) is 5.94. The predicted molar refractivity (Wildman–Crippen MR) is 117 cm³/mol. The second-order valence-corrected chi connectivity index (χ2v) is 9.89. The van der Waals surface area contributed by atoms with E-state index in [0.29, 0.717) is 5.92 Å². The Hall–Kier alpha value is -1.43. The van der Waals surface area contributed by atoms with Crippen molar-refractivity contribution < 1.29 is 14.3 Å². The van der Waals surface area contributed by atoms with Crippen molar-refractivity contribution in [3.05, 3.63) is 35.4 Å². The van der Waals surface area contributed by atoms with Crippen molar-refractivity contribution in [2.75, 3.05) is 52.5 Å². The molecule has 1 aromatic rings. The summed E-state index contributed by atoms with van der Waals surface area (Å²) in [6, 6.07) is 8.23. The van der Waals surface area contributed by atoms with Gasteiger partial charge in [0.05, 0.1) is 18.8 Å². The molecular formula is C25H36N2O3. The van der Waals surface area contributed by atoms with E-state index >= 15 is 0 Å². The van der Waals surface area contributed by atoms with Gasteiger partial charge in [-0.15, -0.1) is 0 Å². The minimum absolute atomic E-state index is 0.0417. The van der Waals surface area contributed by atoms with Gasteiger partial charge in [-0.25, -0.2) is 0 Å². The number of benzene rings is 1. The lowest BCUT2D eigenvalue weighted by molar-refractivity contribution is -0.134. The Kier molecular flexibility index (Phi) is 6.12. The van der Waals surface area contributed by atoms with Crippen LogP contribution in [0.15, 0.2) is 24.3 Å². The molecule has 5 nitrogen and oxygen atoms in total. The molecule has 0 bridgehead atoms. The number of morpholine rings is 1. The molecule has 1 spiro atoms. The lowest BCUT2D eigenvalue weighted by atomic mass is 9.88. The third kappa shape index (κ3) is 4.44. The Morgan fingerprint density at radius 1 is 1.00 bits per heavy atom. The van der Waals surface area contributed by atoms with Crippen molar-refractivity contribution in [3.63, 3.8) is 0 Å². The van der Waals surface area contributed by atoms with E-state index < -0.39 is 0 Å². The summed E-state index contributed by atoms with van der Waals surface area (Å²) in [6.07, 6.45) is 8.62. The lowest BCUT2D eigenvalue weighted by Gasteiger charge is -2.47. The van der Waals surface area contributed by atoms with Crippen LogP contribution in [-0.4, -0.2) is 73.9 Å². The van der Waals surface area contributed by atoms with E-state index in [2.05, 4.69) is 17.0 Å². The van der Waals surface area contributed by atoms with E-state index in [9.17, 15) is 4.79 Å². The van der Waals surface area contributed by atoms with Crippen LogP contribution in [-0.2, 0) is 9.47 Å². The molecule has 5 heteroatoms. The second-order valence-electron chi connectivity index (χ2n) is 9.89. The first kappa shape index (κ1) is 20.5. The smallest absolute Gasteiger partial charge is 0.253 e. The zero-order valence-electron chi connectivity index (χ0n) is 18.2. The molecule has 1 unspecified atom stereocenters. The first-order chi connectivity index (χ1) is 14.7. The molecule has 1 saturated carbocycles. The van der Waals surface area contributed by atoms with Crippen LogP contribution in [0, 0.1) is 5.92 Å². The van der Waals surface area contributed by atoms with Crippen LogP contribution in [0.4, 0.5) is 0 Å². The molecule has 1 atom stereocenters. The number of hydrogen-bond donors (Lipinski definition) is 0. The van der Waals surface area contributed by atoms with Gasteiger partial charge in [0.2, 0.25) is 0 Å². The summed E-state index contributed by atoms with van der Waals surface area (Å²) in [5.41, 5.74) is 2.06. The number of nitrogens with zero attached hydrogens (tertiary/aromatic N) is 2. The molecule has 4 fully saturated rings. The highest BCUT2D eigenvalue weighted by atomic mass is 16.5. The maximum absolute atomic E-state index is 13.0. The Balaban J connectivity index is 1.15. The number of rotatable bonds is 4. The maximum Gasteiger partial charge on any atom is 0.253 e. The topological polar surface area (TPSA) is 42.0 Å². The summed E-state index contributed by atoms with van der Waals surface area (Å²) < 4.78 is 11.8. The first-order valence-corrected chi connectivity index (χ1v) is 12.0. The van der Waals surface area contributed by atoms with Gasteiger partial charge in [0.25, 0.3) is 5.91 Å². The number of carbonyl (C=O) groups excluding carboxylic acids is 1. The van der Waals surface area contributed by atoms with Gasteiger partial charge in [0, 0.05) is 50.8 Å². The first-order valence-electron chi connectivity index (χ1n) is 12.0. The highest BCUT2D eigenvalue weighted by Gasteiger charge is 2.41. The van der Waals surface area contributed by atoms with Gasteiger partial charge in [0.1, 0.15) is 0 Å². The van der Waals surface area contributed by atoms with Crippen molar-refractivity contribution in [2.45, 2.75) is 56.5 Å². The molecule has 1 amide bonds. The average Bonchev–Trinajstić information content (AvgIpc) is 3.49. The van der Waals surface area contributed by atoms with Crippen molar-refractivity contribution in [1.29, 1.82) is 0 Å². The third-order valence-corrected chi connectivity index (χ3v) is 7.84. The number of piperidine rings is 1. The van der Waals surface area contributed by atoms with E-state index in [1.165, 1.54) is 37.8 Å². The fourth-order valence-corrected chi connectivity index (χ4v) is 5.94. The SMILES string of the molecule is O=C(c1ccc(C2CCOC2)cc1)N1CCC2(CC1)CN(CC1CCCC1)CCO2. The highest BCUT2D eigenvalue weighted by Crippen LogP contribution is 2.33. The van der Waals surface area contributed by atoms with Crippen LogP contribution in [0.5, 0.6) is 0 Å². The molecule has 3 saturated heterocycles. The Bertz CT molecular complexity index is 714. The number of carbonyl (C=O) groups is 1. The standard InChI is InChI=1S/C25H36N2O3/c28-24(22-7-5-21(6-8-22)23-9-15-29-18-23)27-12-10-25(11-13-27)19-26(14-16-30-25)17-20-3-1-2-4-20/h5-8,20,23H,1-4,9-19H2. The molecule has 3 aliphatic heterocycles. The van der Waals surface area contributed by atoms with E-state index in [1.54, 1.807) is 0 Å². The third-order valence-electron chi connectivity index (χ3n) is 7.84. The molecule has 5 rings (SSSR count). The fraction of sp³-hybridized carbons (Fsp3) is 0.720. The molecular weight excluding hydrogens is 376 g/mol. The molecule has 4 aliphatic rings. The minimum atomic E-state index is -0.0417. The molecule has 0 aromatic heterocycles. The Morgan fingerprint density at radius 2 is 1.77 bits per heavy atom. The largest absolute Gasteiger partial charge is 0.381 e. The van der Waals surface area contributed by atoms with Gasteiger partial charge in [-0.3, -0.25) is 9.69 Å². The summed E-state index contributed by atoms with van der Waals surface area (Å²) in [6.45, 7) is 7.45. The molecule has 1 aliphatic carbocycles. The van der Waals surface area contributed by atoms with Crippen molar-refractivity contribution in [3.8, 4) is 0 Å². The van der Waals surface area contributed by atoms with E-state index in [1.807, 2.05) is 17.0 Å². The summed E-state index contributed by atoms with van der Waals surface area (Å²) in [7, 11) is 0. The summed E-state index contributed by atoms with van der Waals surface area (Å²) in [4.78, 5) is 17.7. The lowest BCUT2D eigenvalue weighted by Crippen LogP contribution is -2.58. The number of likely N-dealkylation sites (tertiary alicyclic amines) is 1.